The molecule has 0 aromatic heterocycles. The Kier molecular flexibility index (Phi) is 9.23. The summed E-state index contributed by atoms with van der Waals surface area (Å²) in [5.74, 6) is 2.22. The van der Waals surface area contributed by atoms with E-state index in [2.05, 4.69) is 29.7 Å². The van der Waals surface area contributed by atoms with Crippen LogP contribution in [0.25, 0.3) is 0 Å². The minimum absolute atomic E-state index is 0.243. The van der Waals surface area contributed by atoms with Gasteiger partial charge < -0.3 is 20.3 Å². The van der Waals surface area contributed by atoms with Gasteiger partial charge in [0.25, 0.3) is 0 Å². The number of carbonyl (C=O) groups excluding carboxylic acids is 1. The lowest BCUT2D eigenvalue weighted by Gasteiger charge is -2.16. The SMILES string of the molecule is CCNC(=NCC1CC(=O)N(CCc2ccccc2)C1)NCCCOc1ccccc1. The van der Waals surface area contributed by atoms with Crippen molar-refractivity contribution in [3.63, 3.8) is 0 Å². The number of carbonyl (C=O) groups is 1. The van der Waals surface area contributed by atoms with Crippen LogP contribution in [0.4, 0.5) is 0 Å². The molecule has 1 saturated heterocycles. The van der Waals surface area contributed by atoms with Crippen molar-refractivity contribution in [2.75, 3.05) is 39.3 Å². The molecule has 2 aromatic rings. The first kappa shape index (κ1) is 22.7. The van der Waals surface area contributed by atoms with Gasteiger partial charge in [0.2, 0.25) is 5.91 Å². The molecule has 0 aliphatic carbocycles. The number of para-hydroxylation sites is 1. The van der Waals surface area contributed by atoms with E-state index in [1.54, 1.807) is 0 Å². The van der Waals surface area contributed by atoms with Gasteiger partial charge >= 0.3 is 0 Å². The summed E-state index contributed by atoms with van der Waals surface area (Å²) in [6, 6.07) is 20.2. The summed E-state index contributed by atoms with van der Waals surface area (Å²) >= 11 is 0. The van der Waals surface area contributed by atoms with Gasteiger partial charge in [-0.3, -0.25) is 9.79 Å². The van der Waals surface area contributed by atoms with Crippen molar-refractivity contribution < 1.29 is 9.53 Å². The molecule has 2 aromatic carbocycles. The van der Waals surface area contributed by atoms with Gasteiger partial charge in [0.1, 0.15) is 5.75 Å². The maximum atomic E-state index is 12.4. The fraction of sp³-hybridized carbons (Fsp3) is 0.440. The van der Waals surface area contributed by atoms with Crippen LogP contribution in [0.1, 0.15) is 25.3 Å². The van der Waals surface area contributed by atoms with Crippen LogP contribution < -0.4 is 15.4 Å². The Balaban J connectivity index is 1.37. The second-order valence-corrected chi connectivity index (χ2v) is 7.81. The van der Waals surface area contributed by atoms with E-state index in [1.165, 1.54) is 5.56 Å². The molecule has 1 atom stereocenters. The van der Waals surface area contributed by atoms with Crippen LogP contribution in [0.5, 0.6) is 5.75 Å². The third-order valence-corrected chi connectivity index (χ3v) is 5.29. The van der Waals surface area contributed by atoms with Crippen LogP contribution in [-0.2, 0) is 11.2 Å². The van der Waals surface area contributed by atoms with Crippen molar-refractivity contribution in [2.24, 2.45) is 10.9 Å². The summed E-state index contributed by atoms with van der Waals surface area (Å²) in [4.78, 5) is 19.1. The van der Waals surface area contributed by atoms with Crippen LogP contribution in [-0.4, -0.2) is 56.1 Å². The zero-order valence-electron chi connectivity index (χ0n) is 18.4. The quantitative estimate of drug-likeness (QED) is 0.332. The molecule has 166 valence electrons. The molecule has 1 unspecified atom stereocenters. The molecule has 1 amide bonds. The monoisotopic (exact) mass is 422 g/mol. The van der Waals surface area contributed by atoms with E-state index >= 15 is 0 Å². The maximum Gasteiger partial charge on any atom is 0.223 e. The predicted octanol–water partition coefficient (Wildman–Crippen LogP) is 3.10. The average Bonchev–Trinajstić information content (AvgIpc) is 3.16. The first-order valence-electron chi connectivity index (χ1n) is 11.3. The molecule has 0 saturated carbocycles. The van der Waals surface area contributed by atoms with E-state index in [0.29, 0.717) is 19.6 Å². The summed E-state index contributed by atoms with van der Waals surface area (Å²) in [7, 11) is 0. The first-order chi connectivity index (χ1) is 15.2. The van der Waals surface area contributed by atoms with Crippen molar-refractivity contribution in [1.29, 1.82) is 0 Å². The molecule has 2 N–H and O–H groups in total. The molecule has 0 bridgehead atoms. The van der Waals surface area contributed by atoms with Crippen LogP contribution in [0, 0.1) is 5.92 Å². The molecule has 31 heavy (non-hydrogen) atoms. The molecule has 0 spiro atoms. The van der Waals surface area contributed by atoms with Gasteiger partial charge in [-0.1, -0.05) is 48.5 Å². The van der Waals surface area contributed by atoms with E-state index in [9.17, 15) is 4.79 Å². The number of nitrogens with zero attached hydrogens (tertiary/aromatic N) is 2. The third kappa shape index (κ3) is 7.96. The van der Waals surface area contributed by atoms with Crippen LogP contribution in [0.3, 0.4) is 0 Å². The highest BCUT2D eigenvalue weighted by Gasteiger charge is 2.28. The number of benzene rings is 2. The second-order valence-electron chi connectivity index (χ2n) is 7.81. The van der Waals surface area contributed by atoms with Crippen molar-refractivity contribution in [2.45, 2.75) is 26.2 Å². The maximum absolute atomic E-state index is 12.4. The Labute approximate surface area is 185 Å². The van der Waals surface area contributed by atoms with Gasteiger partial charge in [0.05, 0.1) is 6.61 Å². The Bertz CT molecular complexity index is 811. The van der Waals surface area contributed by atoms with E-state index < -0.39 is 0 Å². The highest BCUT2D eigenvalue weighted by Crippen LogP contribution is 2.18. The predicted molar refractivity (Wildman–Crippen MR) is 125 cm³/mol. The number of nitrogens with one attached hydrogen (secondary N) is 2. The summed E-state index contributed by atoms with van der Waals surface area (Å²) in [6.45, 7) is 6.53. The van der Waals surface area contributed by atoms with Gasteiger partial charge in [0.15, 0.2) is 5.96 Å². The van der Waals surface area contributed by atoms with Crippen LogP contribution >= 0.6 is 0 Å². The number of aliphatic imine (C=N–C) groups is 1. The highest BCUT2D eigenvalue weighted by atomic mass is 16.5. The largest absolute Gasteiger partial charge is 0.494 e. The fourth-order valence-electron chi connectivity index (χ4n) is 3.65. The van der Waals surface area contributed by atoms with Crippen molar-refractivity contribution in [1.82, 2.24) is 15.5 Å². The van der Waals surface area contributed by atoms with Crippen molar-refractivity contribution in [3.8, 4) is 5.75 Å². The molecule has 6 nitrogen and oxygen atoms in total. The molecule has 0 radical (unpaired) electrons. The Hall–Kier alpha value is -3.02. The van der Waals surface area contributed by atoms with Crippen molar-refractivity contribution >= 4 is 11.9 Å². The first-order valence-corrected chi connectivity index (χ1v) is 11.3. The number of hydrogen-bond donors (Lipinski definition) is 2. The van der Waals surface area contributed by atoms with Crippen LogP contribution in [0.15, 0.2) is 65.7 Å². The summed E-state index contributed by atoms with van der Waals surface area (Å²) < 4.78 is 5.72. The number of amides is 1. The second kappa shape index (κ2) is 12.6. The van der Waals surface area contributed by atoms with E-state index in [4.69, 9.17) is 9.73 Å². The molecule has 1 aliphatic heterocycles. The van der Waals surface area contributed by atoms with Gasteiger partial charge in [0, 0.05) is 45.1 Å². The lowest BCUT2D eigenvalue weighted by Crippen LogP contribution is -2.38. The number of hydrogen-bond acceptors (Lipinski definition) is 3. The van der Waals surface area contributed by atoms with Gasteiger partial charge in [-0.25, -0.2) is 0 Å². The zero-order chi connectivity index (χ0) is 21.7. The average molecular weight is 423 g/mol. The Morgan fingerprint density at radius 3 is 2.58 bits per heavy atom. The highest BCUT2D eigenvalue weighted by molar-refractivity contribution is 5.80. The molecular formula is C25H34N4O2. The lowest BCUT2D eigenvalue weighted by molar-refractivity contribution is -0.127. The third-order valence-electron chi connectivity index (χ3n) is 5.29. The summed E-state index contributed by atoms with van der Waals surface area (Å²) in [6.07, 6.45) is 2.37. The lowest BCUT2D eigenvalue weighted by atomic mass is 10.1. The molecule has 1 heterocycles. The smallest absolute Gasteiger partial charge is 0.223 e. The number of guanidine groups is 1. The molecular weight excluding hydrogens is 388 g/mol. The Morgan fingerprint density at radius 2 is 1.84 bits per heavy atom. The molecule has 3 rings (SSSR count). The standard InChI is InChI=1S/C25H34N4O2/c1-2-26-25(27-15-9-17-31-23-12-7-4-8-13-23)28-19-22-18-24(30)29(20-22)16-14-21-10-5-3-6-11-21/h3-8,10-13,22H,2,9,14-20H2,1H3,(H2,26,27,28). The van der Waals surface area contributed by atoms with Crippen molar-refractivity contribution in [3.05, 3.63) is 66.2 Å². The van der Waals surface area contributed by atoms with Gasteiger partial charge in [-0.2, -0.15) is 0 Å². The zero-order valence-corrected chi connectivity index (χ0v) is 18.4. The summed E-state index contributed by atoms with van der Waals surface area (Å²) in [5.41, 5.74) is 1.27. The summed E-state index contributed by atoms with van der Waals surface area (Å²) in [5, 5.41) is 6.64. The molecule has 1 aliphatic rings. The number of likely N-dealkylation sites (tertiary alicyclic amines) is 1. The van der Waals surface area contributed by atoms with Gasteiger partial charge in [-0.05, 0) is 37.5 Å². The molecule has 1 fully saturated rings. The minimum Gasteiger partial charge on any atom is -0.494 e. The van der Waals surface area contributed by atoms with E-state index in [0.717, 1.165) is 50.7 Å². The van der Waals surface area contributed by atoms with Gasteiger partial charge in [-0.15, -0.1) is 0 Å². The topological polar surface area (TPSA) is 66.0 Å². The number of ether oxygens (including phenoxy) is 1. The Morgan fingerprint density at radius 1 is 1.10 bits per heavy atom. The van der Waals surface area contributed by atoms with E-state index in [-0.39, 0.29) is 11.8 Å². The minimum atomic E-state index is 0.243. The normalized spacial score (nSPS) is 16.4. The molecule has 6 heteroatoms. The number of rotatable bonds is 11. The fourth-order valence-corrected chi connectivity index (χ4v) is 3.65. The van der Waals surface area contributed by atoms with E-state index in [1.807, 2.05) is 53.4 Å². The van der Waals surface area contributed by atoms with Crippen LogP contribution in [0.2, 0.25) is 0 Å².